The highest BCUT2D eigenvalue weighted by Gasteiger charge is 2.07. The predicted octanol–water partition coefficient (Wildman–Crippen LogP) is 2.47. The summed E-state index contributed by atoms with van der Waals surface area (Å²) in [7, 11) is 0. The van der Waals surface area contributed by atoms with Crippen LogP contribution in [0.3, 0.4) is 0 Å². The zero-order chi connectivity index (χ0) is 11.0. The van der Waals surface area contributed by atoms with Crippen molar-refractivity contribution in [1.29, 1.82) is 0 Å². The molecule has 4 heteroatoms. The van der Waals surface area contributed by atoms with Gasteiger partial charge in [0, 0.05) is 11.6 Å². The van der Waals surface area contributed by atoms with Crippen molar-refractivity contribution < 1.29 is 4.42 Å². The first-order chi connectivity index (χ1) is 7.84. The minimum absolute atomic E-state index is 0.469. The highest BCUT2D eigenvalue weighted by atomic mass is 16.3. The number of hydrogen-bond acceptors (Lipinski definition) is 4. The molecule has 16 heavy (non-hydrogen) atoms. The molecule has 0 saturated heterocycles. The van der Waals surface area contributed by atoms with Crippen LogP contribution in [0, 0.1) is 0 Å². The van der Waals surface area contributed by atoms with E-state index in [1.807, 2.05) is 30.3 Å². The van der Waals surface area contributed by atoms with E-state index in [-0.39, 0.29) is 0 Å². The zero-order valence-electron chi connectivity index (χ0n) is 8.42. The molecule has 0 atom stereocenters. The van der Waals surface area contributed by atoms with Crippen LogP contribution in [0.2, 0.25) is 0 Å². The molecule has 0 unspecified atom stereocenters. The van der Waals surface area contributed by atoms with Crippen LogP contribution < -0.4 is 5.73 Å². The number of fused-ring (bicyclic) bond motifs is 1. The fourth-order valence-corrected chi connectivity index (χ4v) is 1.65. The average molecular weight is 211 g/mol. The maximum absolute atomic E-state index is 5.87. The van der Waals surface area contributed by atoms with E-state index in [4.69, 9.17) is 10.2 Å². The molecule has 2 N–H and O–H groups in total. The third kappa shape index (κ3) is 1.32. The number of nitrogen functional groups attached to an aromatic ring is 1. The molecule has 3 aromatic heterocycles. The Balaban J connectivity index is 2.29. The van der Waals surface area contributed by atoms with Crippen LogP contribution in [0.1, 0.15) is 0 Å². The van der Waals surface area contributed by atoms with Crippen molar-refractivity contribution in [1.82, 2.24) is 9.97 Å². The Hall–Kier alpha value is -2.36. The summed E-state index contributed by atoms with van der Waals surface area (Å²) in [6.07, 6.45) is 3.34. The van der Waals surface area contributed by atoms with Gasteiger partial charge in [-0.25, -0.2) is 4.98 Å². The van der Waals surface area contributed by atoms with Gasteiger partial charge in [0.05, 0.1) is 11.8 Å². The molecule has 0 aliphatic heterocycles. The number of anilines is 1. The lowest BCUT2D eigenvalue weighted by atomic mass is 10.2. The molecule has 0 radical (unpaired) electrons. The van der Waals surface area contributed by atoms with Gasteiger partial charge in [0.1, 0.15) is 11.5 Å². The van der Waals surface area contributed by atoms with Gasteiger partial charge in [0.25, 0.3) is 0 Å². The van der Waals surface area contributed by atoms with Crippen LogP contribution in [-0.2, 0) is 0 Å². The lowest BCUT2D eigenvalue weighted by Crippen LogP contribution is -1.94. The maximum Gasteiger partial charge on any atom is 0.152 e. The molecule has 0 aliphatic carbocycles. The van der Waals surface area contributed by atoms with Crippen LogP contribution in [0.5, 0.6) is 0 Å². The molecule has 0 bridgehead atoms. The molecular weight excluding hydrogens is 202 g/mol. The number of pyridine rings is 2. The fraction of sp³-hybridized carbons (Fsp3) is 0. The van der Waals surface area contributed by atoms with E-state index >= 15 is 0 Å². The summed E-state index contributed by atoms with van der Waals surface area (Å²) in [6, 6.07) is 9.26. The lowest BCUT2D eigenvalue weighted by molar-refractivity contribution is 0.580. The SMILES string of the molecule is Nc1nc(-c2ccco2)cc2ncccc12. The van der Waals surface area contributed by atoms with Gasteiger partial charge in [0.2, 0.25) is 0 Å². The fourth-order valence-electron chi connectivity index (χ4n) is 1.65. The largest absolute Gasteiger partial charge is 0.463 e. The summed E-state index contributed by atoms with van der Waals surface area (Å²) in [6.45, 7) is 0. The third-order valence-electron chi connectivity index (χ3n) is 2.40. The van der Waals surface area contributed by atoms with Crippen molar-refractivity contribution in [2.45, 2.75) is 0 Å². The predicted molar refractivity (Wildman–Crippen MR) is 61.7 cm³/mol. The van der Waals surface area contributed by atoms with Crippen LogP contribution in [0.15, 0.2) is 47.2 Å². The summed E-state index contributed by atoms with van der Waals surface area (Å²) >= 11 is 0. The molecule has 0 aromatic carbocycles. The molecule has 4 nitrogen and oxygen atoms in total. The van der Waals surface area contributed by atoms with Crippen molar-refractivity contribution in [3.63, 3.8) is 0 Å². The topological polar surface area (TPSA) is 64.9 Å². The van der Waals surface area contributed by atoms with E-state index in [1.165, 1.54) is 0 Å². The number of nitrogens with zero attached hydrogens (tertiary/aromatic N) is 2. The third-order valence-corrected chi connectivity index (χ3v) is 2.40. The summed E-state index contributed by atoms with van der Waals surface area (Å²) in [5.74, 6) is 1.16. The van der Waals surface area contributed by atoms with Crippen LogP contribution in [0.4, 0.5) is 5.82 Å². The van der Waals surface area contributed by atoms with Gasteiger partial charge in [-0.15, -0.1) is 0 Å². The van der Waals surface area contributed by atoms with Crippen molar-refractivity contribution >= 4 is 16.7 Å². The molecule has 3 aromatic rings. The molecule has 0 spiro atoms. The lowest BCUT2D eigenvalue weighted by Gasteiger charge is -2.02. The van der Waals surface area contributed by atoms with Gasteiger partial charge in [-0.2, -0.15) is 0 Å². The summed E-state index contributed by atoms with van der Waals surface area (Å²) in [5, 5.41) is 0.859. The standard InChI is InChI=1S/C12H9N3O/c13-12-8-3-1-5-14-9(8)7-10(15-12)11-4-2-6-16-11/h1-7H,(H2,13,15). The molecular formula is C12H9N3O. The van der Waals surface area contributed by atoms with Crippen molar-refractivity contribution in [2.24, 2.45) is 0 Å². The van der Waals surface area contributed by atoms with Gasteiger partial charge in [-0.3, -0.25) is 4.98 Å². The second kappa shape index (κ2) is 3.34. The second-order valence-corrected chi connectivity index (χ2v) is 3.44. The molecule has 0 saturated carbocycles. The van der Waals surface area contributed by atoms with E-state index < -0.39 is 0 Å². The van der Waals surface area contributed by atoms with Gasteiger partial charge in [-0.1, -0.05) is 0 Å². The molecule has 0 fully saturated rings. The highest BCUT2D eigenvalue weighted by Crippen LogP contribution is 2.24. The Labute approximate surface area is 91.7 Å². The van der Waals surface area contributed by atoms with E-state index in [9.17, 15) is 0 Å². The summed E-state index contributed by atoms with van der Waals surface area (Å²) in [4.78, 5) is 8.54. The monoisotopic (exact) mass is 211 g/mol. The minimum Gasteiger partial charge on any atom is -0.463 e. The quantitative estimate of drug-likeness (QED) is 0.671. The number of nitrogens with two attached hydrogens (primary N) is 1. The Kier molecular flexibility index (Phi) is 1.86. The Morgan fingerprint density at radius 3 is 2.94 bits per heavy atom. The molecule has 0 amide bonds. The first kappa shape index (κ1) is 8.91. The van der Waals surface area contributed by atoms with E-state index in [0.29, 0.717) is 17.3 Å². The summed E-state index contributed by atoms with van der Waals surface area (Å²) in [5.41, 5.74) is 7.39. The average Bonchev–Trinajstić information content (AvgIpc) is 2.82. The number of aromatic nitrogens is 2. The maximum atomic E-state index is 5.87. The van der Waals surface area contributed by atoms with Gasteiger partial charge in [0.15, 0.2) is 5.76 Å². The Morgan fingerprint density at radius 1 is 1.19 bits per heavy atom. The Morgan fingerprint density at radius 2 is 2.12 bits per heavy atom. The first-order valence-corrected chi connectivity index (χ1v) is 4.90. The van der Waals surface area contributed by atoms with Crippen molar-refractivity contribution in [3.8, 4) is 11.5 Å². The second-order valence-electron chi connectivity index (χ2n) is 3.44. The van der Waals surface area contributed by atoms with Crippen molar-refractivity contribution in [2.75, 3.05) is 5.73 Å². The van der Waals surface area contributed by atoms with Crippen molar-refractivity contribution in [3.05, 3.63) is 42.8 Å². The van der Waals surface area contributed by atoms with Gasteiger partial charge >= 0.3 is 0 Å². The molecule has 0 aliphatic rings. The molecule has 3 heterocycles. The van der Waals surface area contributed by atoms with Crippen LogP contribution >= 0.6 is 0 Å². The summed E-state index contributed by atoms with van der Waals surface area (Å²) < 4.78 is 5.28. The normalized spacial score (nSPS) is 10.8. The van der Waals surface area contributed by atoms with E-state index in [1.54, 1.807) is 12.5 Å². The zero-order valence-corrected chi connectivity index (χ0v) is 8.42. The first-order valence-electron chi connectivity index (χ1n) is 4.90. The minimum atomic E-state index is 0.469. The van der Waals surface area contributed by atoms with Crippen LogP contribution in [0.25, 0.3) is 22.4 Å². The van der Waals surface area contributed by atoms with Crippen LogP contribution in [-0.4, -0.2) is 9.97 Å². The molecule has 3 rings (SSSR count). The smallest absolute Gasteiger partial charge is 0.152 e. The number of hydrogen-bond donors (Lipinski definition) is 1. The number of furan rings is 1. The van der Waals surface area contributed by atoms with E-state index in [2.05, 4.69) is 9.97 Å². The van der Waals surface area contributed by atoms with Gasteiger partial charge < -0.3 is 10.2 Å². The number of rotatable bonds is 1. The highest BCUT2D eigenvalue weighted by molar-refractivity contribution is 5.90. The Bertz CT molecular complexity index is 632. The van der Waals surface area contributed by atoms with Gasteiger partial charge in [-0.05, 0) is 30.3 Å². The molecule has 78 valence electrons. The van der Waals surface area contributed by atoms with E-state index in [0.717, 1.165) is 10.9 Å².